The molecule has 0 rings (SSSR count). The second-order valence-electron chi connectivity index (χ2n) is 1.19. The monoisotopic (exact) mass is 156 g/mol. The number of ether oxygens (including phenoxy) is 1. The topological polar surface area (TPSA) is 46.5 Å². The number of alkyl halides is 1. The Kier molecular flexibility index (Phi) is 3.30. The number of carbonyl (C=O) groups is 1. The predicted molar refractivity (Wildman–Crippen MR) is 24.3 cm³/mol. The summed E-state index contributed by atoms with van der Waals surface area (Å²) in [5.41, 5.74) is 0. The van der Waals surface area contributed by atoms with Gasteiger partial charge >= 0.3 is 6.16 Å². The molecule has 0 saturated carbocycles. The largest absolute Gasteiger partial charge is 0.508 e. The van der Waals surface area contributed by atoms with Gasteiger partial charge in [0, 0.05) is 0 Å². The van der Waals surface area contributed by atoms with Crippen molar-refractivity contribution in [3.05, 3.63) is 12.2 Å². The summed E-state index contributed by atoms with van der Waals surface area (Å²) < 4.78 is 37.6. The zero-order valence-electron chi connectivity index (χ0n) is 4.55. The molecule has 0 amide bonds. The van der Waals surface area contributed by atoms with Gasteiger partial charge in [-0.05, 0) is 0 Å². The average molecular weight is 156 g/mol. The van der Waals surface area contributed by atoms with Crippen molar-refractivity contribution < 1.29 is 27.8 Å². The van der Waals surface area contributed by atoms with Crippen LogP contribution in [0.25, 0.3) is 0 Å². The van der Waals surface area contributed by atoms with E-state index in [0.29, 0.717) is 0 Å². The summed E-state index contributed by atoms with van der Waals surface area (Å²) in [5, 5.41) is 7.65. The molecular formula is C4H3F3O3. The van der Waals surface area contributed by atoms with Gasteiger partial charge in [0.15, 0.2) is 0 Å². The smallest absolute Gasteiger partial charge is 0.450 e. The maximum atomic E-state index is 11.8. The van der Waals surface area contributed by atoms with E-state index in [-0.39, 0.29) is 0 Å². The van der Waals surface area contributed by atoms with Crippen LogP contribution in [0.5, 0.6) is 0 Å². The van der Waals surface area contributed by atoms with E-state index in [9.17, 15) is 18.0 Å². The lowest BCUT2D eigenvalue weighted by Gasteiger charge is -2.01. The molecular weight excluding hydrogens is 153 g/mol. The molecule has 0 aliphatic heterocycles. The summed E-state index contributed by atoms with van der Waals surface area (Å²) in [7, 11) is 0. The lowest BCUT2D eigenvalue weighted by molar-refractivity contribution is -0.00533. The van der Waals surface area contributed by atoms with Gasteiger partial charge in [-0.15, -0.1) is 0 Å². The van der Waals surface area contributed by atoms with Crippen LogP contribution in [0.4, 0.5) is 18.0 Å². The van der Waals surface area contributed by atoms with Crippen LogP contribution < -0.4 is 0 Å². The van der Waals surface area contributed by atoms with Crippen molar-refractivity contribution in [2.24, 2.45) is 0 Å². The minimum atomic E-state index is -2.87. The average Bonchev–Trinajstić information content (AvgIpc) is 1.85. The normalized spacial score (nSPS) is 14.5. The molecule has 0 spiro atoms. The maximum absolute atomic E-state index is 11.8. The summed E-state index contributed by atoms with van der Waals surface area (Å²) in [6.45, 7) is 0. The SMILES string of the molecule is O=C(O)OC(F)C(F)=CF. The third kappa shape index (κ3) is 2.95. The highest BCUT2D eigenvalue weighted by atomic mass is 19.2. The van der Waals surface area contributed by atoms with Crippen LogP contribution in [0.15, 0.2) is 12.2 Å². The molecule has 0 aromatic heterocycles. The van der Waals surface area contributed by atoms with Gasteiger partial charge in [0.25, 0.3) is 6.36 Å². The Morgan fingerprint density at radius 1 is 1.70 bits per heavy atom. The van der Waals surface area contributed by atoms with Gasteiger partial charge in [-0.3, -0.25) is 0 Å². The molecule has 1 atom stereocenters. The van der Waals surface area contributed by atoms with Crippen molar-refractivity contribution in [3.8, 4) is 0 Å². The Morgan fingerprint density at radius 3 is 2.50 bits per heavy atom. The van der Waals surface area contributed by atoms with Gasteiger partial charge in [0.1, 0.15) is 6.33 Å². The standard InChI is InChI=1S/C4H3F3O3/c5-1-2(6)3(7)10-4(8)9/h1,3H,(H,8,9). The van der Waals surface area contributed by atoms with Gasteiger partial charge in [-0.25, -0.2) is 13.6 Å². The molecule has 0 aliphatic carbocycles. The zero-order valence-corrected chi connectivity index (χ0v) is 4.55. The first kappa shape index (κ1) is 8.80. The highest BCUT2D eigenvalue weighted by molar-refractivity contribution is 5.57. The quantitative estimate of drug-likeness (QED) is 0.619. The zero-order chi connectivity index (χ0) is 8.15. The molecule has 1 unspecified atom stereocenters. The van der Waals surface area contributed by atoms with E-state index in [0.717, 1.165) is 0 Å². The molecule has 3 nitrogen and oxygen atoms in total. The molecule has 0 aliphatic rings. The summed E-state index contributed by atoms with van der Waals surface area (Å²) >= 11 is 0. The van der Waals surface area contributed by atoms with E-state index in [1.165, 1.54) is 0 Å². The van der Waals surface area contributed by atoms with E-state index in [1.807, 2.05) is 0 Å². The summed E-state index contributed by atoms with van der Waals surface area (Å²) in [6.07, 6.45) is -5.60. The van der Waals surface area contributed by atoms with Crippen molar-refractivity contribution in [1.82, 2.24) is 0 Å². The Balaban J connectivity index is 3.85. The minimum Gasteiger partial charge on any atom is -0.450 e. The van der Waals surface area contributed by atoms with E-state index >= 15 is 0 Å². The Hall–Kier alpha value is -1.20. The van der Waals surface area contributed by atoms with E-state index in [4.69, 9.17) is 5.11 Å². The molecule has 0 bridgehead atoms. The van der Waals surface area contributed by atoms with E-state index in [1.54, 1.807) is 0 Å². The molecule has 0 aromatic carbocycles. The third-order valence-electron chi connectivity index (χ3n) is 0.525. The predicted octanol–water partition coefficient (Wildman–Crippen LogP) is 1.76. The Labute approximate surface area is 53.7 Å². The van der Waals surface area contributed by atoms with Crippen LogP contribution in [-0.2, 0) is 4.74 Å². The van der Waals surface area contributed by atoms with Crippen LogP contribution >= 0.6 is 0 Å². The van der Waals surface area contributed by atoms with Gasteiger partial charge in [0.2, 0.25) is 5.83 Å². The van der Waals surface area contributed by atoms with Crippen LogP contribution in [-0.4, -0.2) is 17.6 Å². The Morgan fingerprint density at radius 2 is 2.20 bits per heavy atom. The second kappa shape index (κ2) is 3.76. The number of hydrogen-bond acceptors (Lipinski definition) is 2. The van der Waals surface area contributed by atoms with Crippen LogP contribution in [0.2, 0.25) is 0 Å². The van der Waals surface area contributed by atoms with Gasteiger partial charge in [-0.2, -0.15) is 4.39 Å². The van der Waals surface area contributed by atoms with E-state index < -0.39 is 24.7 Å². The van der Waals surface area contributed by atoms with Crippen LogP contribution in [0.3, 0.4) is 0 Å². The Bertz CT molecular complexity index is 156. The molecule has 0 saturated heterocycles. The fourth-order valence-electron chi connectivity index (χ4n) is 0.194. The molecule has 0 heterocycles. The van der Waals surface area contributed by atoms with E-state index in [2.05, 4.69) is 4.74 Å². The van der Waals surface area contributed by atoms with Crippen LogP contribution in [0.1, 0.15) is 0 Å². The highest BCUT2D eigenvalue weighted by Gasteiger charge is 2.17. The molecule has 0 fully saturated rings. The first-order valence-corrected chi connectivity index (χ1v) is 2.07. The van der Waals surface area contributed by atoms with Crippen molar-refractivity contribution in [3.63, 3.8) is 0 Å². The first-order valence-electron chi connectivity index (χ1n) is 2.07. The highest BCUT2D eigenvalue weighted by Crippen LogP contribution is 2.09. The van der Waals surface area contributed by atoms with Crippen LogP contribution in [0, 0.1) is 0 Å². The molecule has 10 heavy (non-hydrogen) atoms. The van der Waals surface area contributed by atoms with Crippen molar-refractivity contribution >= 4 is 6.16 Å². The first-order chi connectivity index (χ1) is 4.57. The number of halogens is 3. The molecule has 58 valence electrons. The van der Waals surface area contributed by atoms with Crippen molar-refractivity contribution in [2.75, 3.05) is 0 Å². The number of rotatable bonds is 2. The summed E-state index contributed by atoms with van der Waals surface area (Å²) in [5.74, 6) is -1.91. The molecule has 6 heteroatoms. The van der Waals surface area contributed by atoms with Gasteiger partial charge < -0.3 is 9.84 Å². The van der Waals surface area contributed by atoms with Gasteiger partial charge in [0.05, 0.1) is 0 Å². The fraction of sp³-hybridized carbons (Fsp3) is 0.250. The lowest BCUT2D eigenvalue weighted by atomic mass is 10.6. The maximum Gasteiger partial charge on any atom is 0.508 e. The lowest BCUT2D eigenvalue weighted by Crippen LogP contribution is -2.11. The van der Waals surface area contributed by atoms with Crippen molar-refractivity contribution in [2.45, 2.75) is 6.36 Å². The summed E-state index contributed by atoms with van der Waals surface area (Å²) in [4.78, 5) is 9.45. The number of carboxylic acid groups (broad SMARTS) is 1. The number of hydrogen-bond donors (Lipinski definition) is 1. The second-order valence-corrected chi connectivity index (χ2v) is 1.19. The third-order valence-corrected chi connectivity index (χ3v) is 0.525. The van der Waals surface area contributed by atoms with Gasteiger partial charge in [-0.1, -0.05) is 0 Å². The molecule has 0 aromatic rings. The molecule has 0 radical (unpaired) electrons. The minimum absolute atomic E-state index is 0.715. The fourth-order valence-corrected chi connectivity index (χ4v) is 0.194. The van der Waals surface area contributed by atoms with Crippen molar-refractivity contribution in [1.29, 1.82) is 0 Å². The summed E-state index contributed by atoms with van der Waals surface area (Å²) in [6, 6.07) is 0. The molecule has 1 N–H and O–H groups in total.